The summed E-state index contributed by atoms with van der Waals surface area (Å²) in [6.45, 7) is -2.13. The summed E-state index contributed by atoms with van der Waals surface area (Å²) in [5, 5.41) is 45.3. The number of aromatic nitrogens is 1. The molecule has 1 aromatic rings. The van der Waals surface area contributed by atoms with Gasteiger partial charge in [-0.2, -0.15) is 8.42 Å². The van der Waals surface area contributed by atoms with E-state index in [2.05, 4.69) is 20.0 Å². The number of carboxylic acid groups (broad SMARTS) is 1. The second kappa shape index (κ2) is 16.9. The van der Waals surface area contributed by atoms with Crippen LogP contribution in [0.3, 0.4) is 0 Å². The van der Waals surface area contributed by atoms with Crippen molar-refractivity contribution in [2.75, 3.05) is 44.4 Å². The maximum atomic E-state index is 12.8. The molecule has 2 heterocycles. The molecule has 0 aromatic carbocycles. The number of oxime groups is 1. The maximum absolute atomic E-state index is 12.8. The third kappa shape index (κ3) is 10.2. The number of thioether (sulfide) groups is 1. The van der Waals surface area contributed by atoms with Gasteiger partial charge in [0, 0.05) is 30.1 Å². The average molecular weight is 615 g/mol. The van der Waals surface area contributed by atoms with Gasteiger partial charge in [-0.15, -0.1) is 11.3 Å². The first kappa shape index (κ1) is 37.0. The van der Waals surface area contributed by atoms with Crippen LogP contribution in [0.25, 0.3) is 0 Å². The van der Waals surface area contributed by atoms with Gasteiger partial charge in [-0.3, -0.25) is 19.1 Å². The monoisotopic (exact) mass is 614 g/mol. The van der Waals surface area contributed by atoms with Crippen LogP contribution in [0.15, 0.2) is 15.5 Å². The van der Waals surface area contributed by atoms with Gasteiger partial charge in [0.25, 0.3) is 11.1 Å². The molecular formula is C16H20N6Na2O11S3. The summed E-state index contributed by atoms with van der Waals surface area (Å²) in [6.07, 6.45) is 0. The zero-order valence-electron chi connectivity index (χ0n) is 20.1. The molecule has 0 bridgehead atoms. The molecule has 200 valence electrons. The van der Waals surface area contributed by atoms with Crippen LogP contribution in [-0.2, 0) is 24.7 Å². The Bertz CT molecular complexity index is 1140. The first-order valence-electron chi connectivity index (χ1n) is 9.71. The molecule has 2 atom stereocenters. The van der Waals surface area contributed by atoms with Crippen molar-refractivity contribution in [1.82, 2.24) is 14.2 Å². The summed E-state index contributed by atoms with van der Waals surface area (Å²) in [4.78, 5) is 48.3. The van der Waals surface area contributed by atoms with E-state index < -0.39 is 76.7 Å². The molecule has 1 aliphatic heterocycles. The second-order valence-electron chi connectivity index (χ2n) is 6.73. The number of thiazole rings is 1. The van der Waals surface area contributed by atoms with E-state index in [0.717, 1.165) is 16.2 Å². The number of aliphatic imine (C=N–C) groups is 1. The number of nitrogens with zero attached hydrogens (tertiary/aromatic N) is 5. The van der Waals surface area contributed by atoms with Crippen LogP contribution in [0.4, 0.5) is 9.93 Å². The third-order valence-electron chi connectivity index (χ3n) is 4.32. The molecule has 2 amide bonds. The Morgan fingerprint density at radius 1 is 1.26 bits per heavy atom. The fraction of sp³-hybridized carbons (Fsp3) is 0.500. The summed E-state index contributed by atoms with van der Waals surface area (Å²) in [5.74, 6) is -4.64. The largest absolute Gasteiger partial charge is 1.00 e. The summed E-state index contributed by atoms with van der Waals surface area (Å²) in [7, 11) is -5.07. The molecule has 0 aliphatic carbocycles. The number of nitrogens with two attached hydrogens (primary N) is 1. The number of amides is 2. The Hall–Kier alpha value is -1.04. The first-order chi connectivity index (χ1) is 16.9. The number of rotatable bonds is 13. The normalized spacial score (nSPS) is 17.7. The Kier molecular flexibility index (Phi) is 16.5. The van der Waals surface area contributed by atoms with Crippen LogP contribution in [0, 0.1) is 0 Å². The topological polar surface area (TPSA) is 272 Å². The molecule has 5 N–H and O–H groups in total. The molecule has 38 heavy (non-hydrogen) atoms. The zero-order valence-corrected chi connectivity index (χ0v) is 26.6. The van der Waals surface area contributed by atoms with E-state index in [0.29, 0.717) is 11.8 Å². The molecule has 0 unspecified atom stereocenters. The van der Waals surface area contributed by atoms with Crippen molar-refractivity contribution in [3.8, 4) is 0 Å². The predicted molar refractivity (Wildman–Crippen MR) is 121 cm³/mol. The fourth-order valence-electron chi connectivity index (χ4n) is 2.80. The van der Waals surface area contributed by atoms with Gasteiger partial charge in [-0.25, -0.2) is 9.29 Å². The van der Waals surface area contributed by atoms with E-state index in [-0.39, 0.29) is 87.3 Å². The summed E-state index contributed by atoms with van der Waals surface area (Å²) in [6, 6.07) is -3.15. The van der Waals surface area contributed by atoms with Crippen molar-refractivity contribution in [1.29, 1.82) is 0 Å². The van der Waals surface area contributed by atoms with Crippen LogP contribution in [0.5, 0.6) is 0 Å². The van der Waals surface area contributed by atoms with Crippen molar-refractivity contribution in [2.24, 2.45) is 10.1 Å². The minimum atomic E-state index is -5.07. The molecule has 17 nitrogen and oxygen atoms in total. The molecular weight excluding hydrogens is 594 g/mol. The maximum Gasteiger partial charge on any atom is 1.00 e. The fourth-order valence-corrected chi connectivity index (χ4v) is 5.32. The van der Waals surface area contributed by atoms with Gasteiger partial charge in [-0.1, -0.05) is 16.9 Å². The van der Waals surface area contributed by atoms with Crippen molar-refractivity contribution >= 4 is 67.3 Å². The third-order valence-corrected chi connectivity index (χ3v) is 6.96. The van der Waals surface area contributed by atoms with E-state index in [4.69, 9.17) is 15.9 Å². The molecule has 1 aromatic heterocycles. The molecule has 1 saturated heterocycles. The van der Waals surface area contributed by atoms with Gasteiger partial charge in [0.1, 0.15) is 11.4 Å². The molecule has 2 rings (SSSR count). The molecule has 0 radical (unpaired) electrons. The van der Waals surface area contributed by atoms with Crippen LogP contribution >= 0.6 is 23.1 Å². The summed E-state index contributed by atoms with van der Waals surface area (Å²) in [5.41, 5.74) is 4.69. The number of hydrogen-bond acceptors (Lipinski definition) is 16. The molecule has 22 heteroatoms. The molecule has 0 spiro atoms. The van der Waals surface area contributed by atoms with Crippen LogP contribution in [-0.4, -0.2) is 117 Å². The van der Waals surface area contributed by atoms with Crippen molar-refractivity contribution in [3.63, 3.8) is 0 Å². The minimum Gasteiger partial charge on any atom is -0.857 e. The Morgan fingerprint density at radius 2 is 1.87 bits per heavy atom. The number of carboxylic acids is 1. The molecule has 0 saturated carbocycles. The Morgan fingerprint density at radius 3 is 2.34 bits per heavy atom. The minimum absolute atomic E-state index is 0. The standard InChI is InChI=1S/C16H22N6O11S3.2Na/c17-15-18-8(6-34-15)11(20-33-5-10(25)26)13(27)19-12-9(22(14(12)28)36(30,31)32)7-35-16(29)21(1-3-23)2-4-24;;/h6,9,12,23-24H,1-5,7H2,(H2,17,18)(H,19,27)(H,25,26)(H,30,31,32);;/q;2*+1/p-2/b20-11+;;/t9-,12+;;/m1../s1. The van der Waals surface area contributed by atoms with Gasteiger partial charge < -0.3 is 40.7 Å². The molecule has 1 aliphatic rings. The van der Waals surface area contributed by atoms with Crippen LogP contribution < -0.4 is 75.1 Å². The number of aliphatic carboxylic acids is 1. The van der Waals surface area contributed by atoms with Gasteiger partial charge in [0.2, 0.25) is 0 Å². The Balaban J connectivity index is 0.00000684. The number of anilines is 1. The number of β-lactam (4-membered cyclic amide) rings is 1. The van der Waals surface area contributed by atoms with E-state index in [9.17, 15) is 37.6 Å². The zero-order chi connectivity index (χ0) is 27.0. The first-order valence-corrected chi connectivity index (χ1v) is 13.0. The molecule has 1 fully saturated rings. The van der Waals surface area contributed by atoms with Crippen molar-refractivity contribution < 1.29 is 112 Å². The van der Waals surface area contributed by atoms with E-state index in [1.165, 1.54) is 5.38 Å². The number of carbonyl (C=O) groups excluding carboxylic acids is 3. The van der Waals surface area contributed by atoms with E-state index in [1.54, 1.807) is 0 Å². The number of hydrogen-bond donors (Lipinski definition) is 4. The average Bonchev–Trinajstić information content (AvgIpc) is 3.21. The smallest absolute Gasteiger partial charge is 0.857 e. The SMILES string of the molecule is Nc1nc(/C(=N\OCC(=O)[O-])C([O-])=N[C@@H]2C(=O)N(S(=O)(=O)O)[C@@H]2CSC(=O)N(CCO)CCO)cs1.[Na+].[Na+]. The van der Waals surface area contributed by atoms with Crippen molar-refractivity contribution in [2.45, 2.75) is 12.1 Å². The van der Waals surface area contributed by atoms with Crippen molar-refractivity contribution in [3.05, 3.63) is 11.1 Å². The van der Waals surface area contributed by atoms with E-state index >= 15 is 0 Å². The summed E-state index contributed by atoms with van der Waals surface area (Å²) < 4.78 is 32.7. The van der Waals surface area contributed by atoms with Gasteiger partial charge >= 0.3 is 69.4 Å². The quantitative estimate of drug-likeness (QED) is 0.0401. The van der Waals surface area contributed by atoms with Gasteiger partial charge in [0.05, 0.1) is 25.2 Å². The summed E-state index contributed by atoms with van der Waals surface area (Å²) >= 11 is 1.39. The van der Waals surface area contributed by atoms with Crippen LogP contribution in [0.1, 0.15) is 5.69 Å². The Labute approximate surface area is 268 Å². The van der Waals surface area contributed by atoms with Crippen LogP contribution in [0.2, 0.25) is 0 Å². The second-order valence-corrected chi connectivity index (χ2v) is 9.88. The van der Waals surface area contributed by atoms with E-state index in [1.807, 2.05) is 0 Å². The number of aliphatic hydroxyl groups is 2. The van der Waals surface area contributed by atoms with Gasteiger partial charge in [0.15, 0.2) is 17.8 Å². The predicted octanol–water partition coefficient (Wildman–Crippen LogP) is -10.5. The number of carbonyl (C=O) groups is 3. The number of aliphatic hydroxyl groups excluding tert-OH is 2. The number of nitrogen functional groups attached to an aromatic ring is 1. The van der Waals surface area contributed by atoms with Gasteiger partial charge in [-0.05, 0) is 0 Å².